The molecule has 3 aliphatic rings. The van der Waals surface area contributed by atoms with Crippen LogP contribution in [-0.4, -0.2) is 65.4 Å². The molecule has 0 aromatic heterocycles. The van der Waals surface area contributed by atoms with Crippen molar-refractivity contribution in [2.45, 2.75) is 51.6 Å². The highest BCUT2D eigenvalue weighted by Gasteiger charge is 2.50. The van der Waals surface area contributed by atoms with E-state index in [4.69, 9.17) is 0 Å². The number of rotatable bonds is 2. The second-order valence-electron chi connectivity index (χ2n) is 7.93. The molecule has 4 amide bonds. The van der Waals surface area contributed by atoms with Crippen LogP contribution >= 0.6 is 0 Å². The van der Waals surface area contributed by atoms with Crippen LogP contribution in [0.5, 0.6) is 0 Å². The fourth-order valence-corrected chi connectivity index (χ4v) is 4.50. The molecule has 0 aliphatic carbocycles. The van der Waals surface area contributed by atoms with Crippen molar-refractivity contribution in [2.75, 3.05) is 26.2 Å². The van der Waals surface area contributed by atoms with Gasteiger partial charge in [-0.25, -0.2) is 4.79 Å². The van der Waals surface area contributed by atoms with Gasteiger partial charge in [0.1, 0.15) is 5.54 Å². The Balaban J connectivity index is 1.68. The smallest absolute Gasteiger partial charge is 0.322 e. The van der Waals surface area contributed by atoms with Crippen LogP contribution in [0.2, 0.25) is 0 Å². The lowest BCUT2D eigenvalue weighted by Gasteiger charge is -2.43. The third kappa shape index (κ3) is 3.14. The van der Waals surface area contributed by atoms with Crippen molar-refractivity contribution >= 4 is 17.8 Å². The summed E-state index contributed by atoms with van der Waals surface area (Å²) in [6.07, 6.45) is 2.58. The number of nitrogens with zero attached hydrogens (tertiary/aromatic N) is 2. The van der Waals surface area contributed by atoms with Crippen LogP contribution in [0.25, 0.3) is 0 Å². The molecule has 0 aromatic rings. The molecule has 3 aliphatic heterocycles. The van der Waals surface area contributed by atoms with E-state index in [9.17, 15) is 14.4 Å². The number of likely N-dealkylation sites (tertiary alicyclic amines) is 2. The molecule has 0 radical (unpaired) electrons. The Hall–Kier alpha value is -1.63. The first kappa shape index (κ1) is 17.2. The average Bonchev–Trinajstić information content (AvgIpc) is 2.78. The van der Waals surface area contributed by atoms with Gasteiger partial charge in [-0.2, -0.15) is 0 Å². The zero-order valence-electron chi connectivity index (χ0n) is 14.8. The van der Waals surface area contributed by atoms with Gasteiger partial charge in [0.25, 0.3) is 5.91 Å². The van der Waals surface area contributed by atoms with Crippen LogP contribution in [0.15, 0.2) is 0 Å². The van der Waals surface area contributed by atoms with Gasteiger partial charge in [-0.15, -0.1) is 0 Å². The van der Waals surface area contributed by atoms with E-state index in [1.165, 1.54) is 0 Å². The number of hydrogen-bond acceptors (Lipinski definition) is 4. The number of urea groups is 1. The first-order chi connectivity index (χ1) is 11.3. The standard InChI is InChI=1S/C17H28N4O3/c1-11-7-12(2)9-21(8-11)14(22)13(3)20-6-4-5-17(10-20)15(23)18-16(24)19-17/h11-13H,4-10H2,1-3H3,(H2,18,19,23,24)/t11-,12+,13-,17+/m0/s1. The summed E-state index contributed by atoms with van der Waals surface area (Å²) in [5, 5.41) is 5.10. The molecule has 24 heavy (non-hydrogen) atoms. The summed E-state index contributed by atoms with van der Waals surface area (Å²) in [6, 6.07) is -0.704. The molecule has 134 valence electrons. The number of hydrogen-bond donors (Lipinski definition) is 2. The SMILES string of the molecule is C[C@@H]1C[C@H](C)CN(C(=O)[C@H](C)N2CCC[C@]3(C2)NC(=O)NC3=O)C1. The van der Waals surface area contributed by atoms with E-state index < -0.39 is 11.6 Å². The van der Waals surface area contributed by atoms with E-state index in [1.807, 2.05) is 16.7 Å². The minimum Gasteiger partial charge on any atom is -0.341 e. The molecule has 4 atom stereocenters. The minimum absolute atomic E-state index is 0.134. The van der Waals surface area contributed by atoms with Crippen molar-refractivity contribution < 1.29 is 14.4 Å². The Morgan fingerprint density at radius 3 is 2.50 bits per heavy atom. The molecule has 3 rings (SSSR count). The predicted molar refractivity (Wildman–Crippen MR) is 89.2 cm³/mol. The summed E-state index contributed by atoms with van der Waals surface area (Å²) >= 11 is 0. The summed E-state index contributed by atoms with van der Waals surface area (Å²) in [5.41, 5.74) is -0.869. The Kier molecular flexibility index (Phi) is 4.55. The lowest BCUT2D eigenvalue weighted by molar-refractivity contribution is -0.141. The van der Waals surface area contributed by atoms with Crippen molar-refractivity contribution in [3.63, 3.8) is 0 Å². The Labute approximate surface area is 143 Å². The summed E-state index contributed by atoms with van der Waals surface area (Å²) < 4.78 is 0. The molecular formula is C17H28N4O3. The monoisotopic (exact) mass is 336 g/mol. The summed E-state index contributed by atoms with van der Waals surface area (Å²) in [6.45, 7) is 9.09. The first-order valence-corrected chi connectivity index (χ1v) is 8.97. The zero-order chi connectivity index (χ0) is 17.5. The largest absolute Gasteiger partial charge is 0.341 e. The Morgan fingerprint density at radius 1 is 1.25 bits per heavy atom. The fraction of sp³-hybridized carbons (Fsp3) is 0.824. The van der Waals surface area contributed by atoms with Gasteiger partial charge in [-0.05, 0) is 44.6 Å². The topological polar surface area (TPSA) is 81.8 Å². The number of piperidine rings is 2. The third-order valence-electron chi connectivity index (χ3n) is 5.62. The molecule has 1 spiro atoms. The van der Waals surface area contributed by atoms with E-state index in [-0.39, 0.29) is 17.9 Å². The second kappa shape index (κ2) is 6.35. The van der Waals surface area contributed by atoms with Crippen LogP contribution in [-0.2, 0) is 9.59 Å². The fourth-order valence-electron chi connectivity index (χ4n) is 4.50. The maximum absolute atomic E-state index is 12.9. The van der Waals surface area contributed by atoms with Crippen molar-refractivity contribution in [1.29, 1.82) is 0 Å². The van der Waals surface area contributed by atoms with Crippen LogP contribution in [0.1, 0.15) is 40.0 Å². The number of carbonyl (C=O) groups is 3. The maximum atomic E-state index is 12.9. The van der Waals surface area contributed by atoms with Crippen molar-refractivity contribution in [2.24, 2.45) is 11.8 Å². The normalized spacial score (nSPS) is 35.7. The molecular weight excluding hydrogens is 308 g/mol. The number of carbonyl (C=O) groups excluding carboxylic acids is 3. The van der Waals surface area contributed by atoms with E-state index in [2.05, 4.69) is 24.5 Å². The minimum atomic E-state index is -0.869. The number of amides is 4. The van der Waals surface area contributed by atoms with Gasteiger partial charge in [-0.3, -0.25) is 19.8 Å². The van der Waals surface area contributed by atoms with Gasteiger partial charge < -0.3 is 10.2 Å². The predicted octanol–water partition coefficient (Wildman–Crippen LogP) is 0.553. The van der Waals surface area contributed by atoms with Crippen molar-refractivity contribution in [3.05, 3.63) is 0 Å². The van der Waals surface area contributed by atoms with E-state index in [0.717, 1.165) is 32.5 Å². The average molecular weight is 336 g/mol. The Bertz CT molecular complexity index is 542. The highest BCUT2D eigenvalue weighted by Crippen LogP contribution is 2.27. The van der Waals surface area contributed by atoms with E-state index >= 15 is 0 Å². The van der Waals surface area contributed by atoms with Gasteiger partial charge in [0.05, 0.1) is 6.04 Å². The molecule has 3 saturated heterocycles. The van der Waals surface area contributed by atoms with Crippen LogP contribution < -0.4 is 10.6 Å². The number of imide groups is 1. The van der Waals surface area contributed by atoms with Crippen molar-refractivity contribution in [1.82, 2.24) is 20.4 Å². The second-order valence-corrected chi connectivity index (χ2v) is 7.93. The lowest BCUT2D eigenvalue weighted by atomic mass is 9.88. The molecule has 3 heterocycles. The maximum Gasteiger partial charge on any atom is 0.322 e. The van der Waals surface area contributed by atoms with Gasteiger partial charge in [-0.1, -0.05) is 13.8 Å². The quantitative estimate of drug-likeness (QED) is 0.722. The summed E-state index contributed by atoms with van der Waals surface area (Å²) in [7, 11) is 0. The van der Waals surface area contributed by atoms with Crippen LogP contribution in [0, 0.1) is 11.8 Å². The molecule has 7 heteroatoms. The Morgan fingerprint density at radius 2 is 1.92 bits per heavy atom. The molecule has 0 unspecified atom stereocenters. The lowest BCUT2D eigenvalue weighted by Crippen LogP contribution is -2.62. The molecule has 7 nitrogen and oxygen atoms in total. The van der Waals surface area contributed by atoms with Crippen molar-refractivity contribution in [3.8, 4) is 0 Å². The van der Waals surface area contributed by atoms with Crippen LogP contribution in [0.3, 0.4) is 0 Å². The molecule has 3 fully saturated rings. The molecule has 0 bridgehead atoms. The third-order valence-corrected chi connectivity index (χ3v) is 5.62. The molecule has 2 N–H and O–H groups in total. The molecule has 0 aromatic carbocycles. The zero-order valence-corrected chi connectivity index (χ0v) is 14.8. The van der Waals surface area contributed by atoms with Gasteiger partial charge in [0, 0.05) is 19.6 Å². The van der Waals surface area contributed by atoms with Gasteiger partial charge in [0.15, 0.2) is 0 Å². The van der Waals surface area contributed by atoms with Gasteiger partial charge in [0.2, 0.25) is 5.91 Å². The highest BCUT2D eigenvalue weighted by atomic mass is 16.2. The highest BCUT2D eigenvalue weighted by molar-refractivity contribution is 6.07. The van der Waals surface area contributed by atoms with Crippen LogP contribution in [0.4, 0.5) is 4.79 Å². The van der Waals surface area contributed by atoms with Gasteiger partial charge >= 0.3 is 6.03 Å². The summed E-state index contributed by atoms with van der Waals surface area (Å²) in [4.78, 5) is 40.6. The van der Waals surface area contributed by atoms with E-state index in [1.54, 1.807) is 0 Å². The summed E-state index contributed by atoms with van der Waals surface area (Å²) in [5.74, 6) is 0.919. The van der Waals surface area contributed by atoms with E-state index in [0.29, 0.717) is 24.8 Å². The number of nitrogens with one attached hydrogen (secondary N) is 2. The first-order valence-electron chi connectivity index (χ1n) is 8.97. The molecule has 0 saturated carbocycles.